The second kappa shape index (κ2) is 12.4. The number of nitrogens with one attached hydrogen (secondary N) is 2. The van der Waals surface area contributed by atoms with Crippen LogP contribution in [0.2, 0.25) is 0 Å². The minimum absolute atomic E-state index is 0. The fraction of sp³-hybridized carbons (Fsp3) is 0.667. The molecule has 2 N–H and O–H groups in total. The van der Waals surface area contributed by atoms with Gasteiger partial charge in [0.1, 0.15) is 0 Å². The Bertz CT molecular complexity index is 615. The van der Waals surface area contributed by atoms with Crippen LogP contribution in [-0.4, -0.2) is 45.0 Å². The fourth-order valence-corrected chi connectivity index (χ4v) is 3.67. The number of ether oxygens (including phenoxy) is 3. The van der Waals surface area contributed by atoms with Gasteiger partial charge in [0, 0.05) is 25.3 Å². The van der Waals surface area contributed by atoms with Gasteiger partial charge in [0.15, 0.2) is 17.5 Å². The Morgan fingerprint density at radius 3 is 2.68 bits per heavy atom. The van der Waals surface area contributed by atoms with Crippen LogP contribution in [0.25, 0.3) is 0 Å². The van der Waals surface area contributed by atoms with E-state index in [1.54, 1.807) is 7.11 Å². The summed E-state index contributed by atoms with van der Waals surface area (Å²) >= 11 is 0. The number of rotatable bonds is 8. The van der Waals surface area contributed by atoms with E-state index in [1.807, 2.05) is 12.1 Å². The topological polar surface area (TPSA) is 64.1 Å². The van der Waals surface area contributed by atoms with E-state index in [4.69, 9.17) is 19.2 Å². The van der Waals surface area contributed by atoms with Gasteiger partial charge in [-0.1, -0.05) is 12.1 Å². The predicted molar refractivity (Wildman–Crippen MR) is 123 cm³/mol. The molecule has 1 unspecified atom stereocenters. The minimum Gasteiger partial charge on any atom is -0.493 e. The number of nitrogens with zero attached hydrogens (tertiary/aromatic N) is 1. The maximum atomic E-state index is 6.31. The Kier molecular flexibility index (Phi) is 10.2. The Morgan fingerprint density at radius 2 is 2.00 bits per heavy atom. The molecule has 1 heterocycles. The zero-order valence-electron chi connectivity index (χ0n) is 17.0. The van der Waals surface area contributed by atoms with Gasteiger partial charge in [0.25, 0.3) is 0 Å². The Morgan fingerprint density at radius 1 is 1.18 bits per heavy atom. The molecule has 2 fully saturated rings. The predicted octanol–water partition coefficient (Wildman–Crippen LogP) is 3.87. The van der Waals surface area contributed by atoms with Crippen molar-refractivity contribution in [1.29, 1.82) is 0 Å². The molecule has 0 radical (unpaired) electrons. The lowest BCUT2D eigenvalue weighted by Crippen LogP contribution is -2.41. The molecule has 1 saturated heterocycles. The van der Waals surface area contributed by atoms with Crippen LogP contribution < -0.4 is 20.1 Å². The van der Waals surface area contributed by atoms with Gasteiger partial charge in [-0.2, -0.15) is 0 Å². The third-order valence-electron chi connectivity index (χ3n) is 5.14. The standard InChI is InChI=1S/C21H33N3O3.HI/c1-3-22-21(24-15-18-11-7-13-26-18)23-14-16-8-6-12-19(25-2)20(16)27-17-9-4-5-10-17;/h6,8,12,17-18H,3-5,7,9-11,13-15H2,1-2H3,(H2,22,23,24);1H. The summed E-state index contributed by atoms with van der Waals surface area (Å²) in [4.78, 5) is 4.76. The maximum Gasteiger partial charge on any atom is 0.191 e. The molecule has 3 rings (SSSR count). The number of guanidine groups is 1. The first-order chi connectivity index (χ1) is 13.3. The Hall–Kier alpha value is -1.22. The first kappa shape index (κ1) is 23.1. The summed E-state index contributed by atoms with van der Waals surface area (Å²) in [5.74, 6) is 2.43. The summed E-state index contributed by atoms with van der Waals surface area (Å²) in [7, 11) is 1.69. The van der Waals surface area contributed by atoms with Gasteiger partial charge in [0.05, 0.1) is 25.9 Å². The van der Waals surface area contributed by atoms with Crippen molar-refractivity contribution < 1.29 is 14.2 Å². The van der Waals surface area contributed by atoms with Gasteiger partial charge in [0.2, 0.25) is 0 Å². The van der Waals surface area contributed by atoms with Crippen LogP contribution in [0.15, 0.2) is 23.2 Å². The number of hydrogen-bond donors (Lipinski definition) is 2. The molecule has 1 aromatic rings. The molecule has 1 atom stereocenters. The monoisotopic (exact) mass is 503 g/mol. The van der Waals surface area contributed by atoms with Crippen molar-refractivity contribution in [1.82, 2.24) is 10.6 Å². The molecule has 1 aromatic carbocycles. The number of halogens is 1. The van der Waals surface area contributed by atoms with Gasteiger partial charge in [-0.05, 0) is 51.5 Å². The van der Waals surface area contributed by atoms with Crippen molar-refractivity contribution in [3.8, 4) is 11.5 Å². The summed E-state index contributed by atoms with van der Waals surface area (Å²) in [6.07, 6.45) is 7.55. The largest absolute Gasteiger partial charge is 0.493 e. The molecule has 1 saturated carbocycles. The van der Waals surface area contributed by atoms with Crippen LogP contribution in [0, 0.1) is 0 Å². The number of aliphatic imine (C=N–C) groups is 1. The van der Waals surface area contributed by atoms with Crippen LogP contribution in [0.3, 0.4) is 0 Å². The highest BCUT2D eigenvalue weighted by atomic mass is 127. The smallest absolute Gasteiger partial charge is 0.191 e. The quantitative estimate of drug-likeness (QED) is 0.321. The first-order valence-corrected chi connectivity index (χ1v) is 10.3. The van der Waals surface area contributed by atoms with Crippen molar-refractivity contribution in [2.24, 2.45) is 4.99 Å². The lowest BCUT2D eigenvalue weighted by molar-refractivity contribution is 0.114. The van der Waals surface area contributed by atoms with Crippen molar-refractivity contribution in [2.45, 2.75) is 64.2 Å². The summed E-state index contributed by atoms with van der Waals surface area (Å²) in [5.41, 5.74) is 1.05. The van der Waals surface area contributed by atoms with Crippen LogP contribution in [0.5, 0.6) is 11.5 Å². The number of benzene rings is 1. The summed E-state index contributed by atoms with van der Waals surface area (Å²) in [5, 5.41) is 6.71. The average Bonchev–Trinajstić information content (AvgIpc) is 3.39. The molecule has 0 amide bonds. The highest BCUT2D eigenvalue weighted by molar-refractivity contribution is 14.0. The van der Waals surface area contributed by atoms with Crippen LogP contribution in [0.1, 0.15) is 51.0 Å². The maximum absolute atomic E-state index is 6.31. The number of methoxy groups -OCH3 is 1. The zero-order chi connectivity index (χ0) is 18.9. The molecule has 7 heteroatoms. The molecule has 6 nitrogen and oxygen atoms in total. The number of para-hydroxylation sites is 1. The van der Waals surface area contributed by atoms with Crippen molar-refractivity contribution in [2.75, 3.05) is 26.8 Å². The second-order valence-corrected chi connectivity index (χ2v) is 7.18. The summed E-state index contributed by atoms with van der Waals surface area (Å²) in [6, 6.07) is 6.02. The number of hydrogen-bond acceptors (Lipinski definition) is 4. The summed E-state index contributed by atoms with van der Waals surface area (Å²) < 4.78 is 17.5. The van der Waals surface area contributed by atoms with Crippen LogP contribution in [-0.2, 0) is 11.3 Å². The van der Waals surface area contributed by atoms with Crippen molar-refractivity contribution in [3.63, 3.8) is 0 Å². The van der Waals surface area contributed by atoms with E-state index >= 15 is 0 Å². The zero-order valence-corrected chi connectivity index (χ0v) is 19.4. The molecule has 2 aliphatic rings. The first-order valence-electron chi connectivity index (χ1n) is 10.3. The Balaban J connectivity index is 0.00000280. The third-order valence-corrected chi connectivity index (χ3v) is 5.14. The molecule has 0 aromatic heterocycles. The van der Waals surface area contributed by atoms with Crippen molar-refractivity contribution in [3.05, 3.63) is 23.8 Å². The minimum atomic E-state index is 0. The van der Waals surface area contributed by atoms with E-state index in [1.165, 1.54) is 12.8 Å². The molecule has 1 aliphatic heterocycles. The normalized spacial score (nSPS) is 19.9. The highest BCUT2D eigenvalue weighted by Crippen LogP contribution is 2.35. The fourth-order valence-electron chi connectivity index (χ4n) is 3.67. The third kappa shape index (κ3) is 6.69. The van der Waals surface area contributed by atoms with Crippen LogP contribution in [0.4, 0.5) is 0 Å². The molecular formula is C21H34IN3O3. The SMILES string of the molecule is CCNC(=NCc1cccc(OC)c1OC1CCCC1)NCC1CCCO1.I. The average molecular weight is 503 g/mol. The van der Waals surface area contributed by atoms with E-state index in [9.17, 15) is 0 Å². The van der Waals surface area contributed by atoms with E-state index in [0.717, 1.165) is 68.4 Å². The van der Waals surface area contributed by atoms with Gasteiger partial charge >= 0.3 is 0 Å². The van der Waals surface area contributed by atoms with Gasteiger partial charge in [-0.25, -0.2) is 4.99 Å². The van der Waals surface area contributed by atoms with E-state index in [2.05, 4.69) is 23.6 Å². The second-order valence-electron chi connectivity index (χ2n) is 7.18. The molecular weight excluding hydrogens is 469 g/mol. The molecule has 0 spiro atoms. The highest BCUT2D eigenvalue weighted by Gasteiger charge is 2.20. The molecule has 0 bridgehead atoms. The van der Waals surface area contributed by atoms with E-state index < -0.39 is 0 Å². The molecule has 1 aliphatic carbocycles. The molecule has 28 heavy (non-hydrogen) atoms. The van der Waals surface area contributed by atoms with Crippen molar-refractivity contribution >= 4 is 29.9 Å². The van der Waals surface area contributed by atoms with Gasteiger partial charge < -0.3 is 24.8 Å². The van der Waals surface area contributed by atoms with E-state index in [-0.39, 0.29) is 36.2 Å². The molecule has 158 valence electrons. The van der Waals surface area contributed by atoms with E-state index in [0.29, 0.717) is 6.54 Å². The Labute approximate surface area is 185 Å². The van der Waals surface area contributed by atoms with Crippen LogP contribution >= 0.6 is 24.0 Å². The summed E-state index contributed by atoms with van der Waals surface area (Å²) in [6.45, 7) is 5.09. The lowest BCUT2D eigenvalue weighted by atomic mass is 10.1. The van der Waals surface area contributed by atoms with Gasteiger partial charge in [-0.3, -0.25) is 0 Å². The van der Waals surface area contributed by atoms with Gasteiger partial charge in [-0.15, -0.1) is 24.0 Å². The lowest BCUT2D eigenvalue weighted by Gasteiger charge is -2.19.